The standard InChI is InChI=1S/C17H30/c1-3-4-5-6-15-9-12-16-10-7-14(2)8-11-17(16)13-15/h3-4,14-17H,5-13H2,1-2H3/b4-3-. The van der Waals surface area contributed by atoms with Crippen LogP contribution in [0.25, 0.3) is 0 Å². The van der Waals surface area contributed by atoms with E-state index in [0.29, 0.717) is 0 Å². The third kappa shape index (κ3) is 3.86. The van der Waals surface area contributed by atoms with E-state index in [9.17, 15) is 0 Å². The first-order valence-electron chi connectivity index (χ1n) is 7.90. The highest BCUT2D eigenvalue weighted by Gasteiger charge is 2.31. The fourth-order valence-corrected chi connectivity index (χ4v) is 4.06. The Morgan fingerprint density at radius 3 is 2.41 bits per heavy atom. The molecule has 0 saturated heterocycles. The Morgan fingerprint density at radius 2 is 1.65 bits per heavy atom. The Balaban J connectivity index is 1.80. The zero-order valence-corrected chi connectivity index (χ0v) is 11.8. The normalized spacial score (nSPS) is 38.9. The summed E-state index contributed by atoms with van der Waals surface area (Å²) < 4.78 is 0. The summed E-state index contributed by atoms with van der Waals surface area (Å²) in [6.45, 7) is 4.60. The van der Waals surface area contributed by atoms with Crippen LogP contribution in [0.5, 0.6) is 0 Å². The summed E-state index contributed by atoms with van der Waals surface area (Å²) in [5.74, 6) is 4.23. The molecular formula is C17H30. The van der Waals surface area contributed by atoms with E-state index in [1.165, 1.54) is 51.4 Å². The van der Waals surface area contributed by atoms with Gasteiger partial charge in [0.25, 0.3) is 0 Å². The van der Waals surface area contributed by atoms with Crippen molar-refractivity contribution in [3.8, 4) is 0 Å². The smallest absolute Gasteiger partial charge is 0.0348 e. The molecule has 17 heavy (non-hydrogen) atoms. The molecule has 0 heterocycles. The van der Waals surface area contributed by atoms with Gasteiger partial charge in [-0.05, 0) is 69.1 Å². The van der Waals surface area contributed by atoms with Gasteiger partial charge in [0.15, 0.2) is 0 Å². The average molecular weight is 234 g/mol. The summed E-state index contributed by atoms with van der Waals surface area (Å²) in [6, 6.07) is 0. The van der Waals surface area contributed by atoms with Crippen LogP contribution in [0.1, 0.15) is 71.6 Å². The molecule has 0 aliphatic heterocycles. The Bertz CT molecular complexity index is 240. The van der Waals surface area contributed by atoms with E-state index in [1.807, 2.05) is 0 Å². The molecule has 0 radical (unpaired) electrons. The molecule has 0 amide bonds. The van der Waals surface area contributed by atoms with Crippen LogP contribution >= 0.6 is 0 Å². The van der Waals surface area contributed by atoms with Crippen molar-refractivity contribution in [2.24, 2.45) is 23.7 Å². The maximum atomic E-state index is 2.46. The van der Waals surface area contributed by atoms with Gasteiger partial charge in [0.2, 0.25) is 0 Å². The van der Waals surface area contributed by atoms with Crippen LogP contribution in [0, 0.1) is 23.7 Å². The van der Waals surface area contributed by atoms with Gasteiger partial charge in [0, 0.05) is 0 Å². The van der Waals surface area contributed by atoms with Crippen molar-refractivity contribution in [1.29, 1.82) is 0 Å². The average Bonchev–Trinajstić information content (AvgIpc) is 2.52. The third-order valence-corrected chi connectivity index (χ3v) is 5.29. The van der Waals surface area contributed by atoms with Gasteiger partial charge in [-0.2, -0.15) is 0 Å². The van der Waals surface area contributed by atoms with E-state index >= 15 is 0 Å². The van der Waals surface area contributed by atoms with E-state index in [1.54, 1.807) is 6.42 Å². The maximum Gasteiger partial charge on any atom is -0.0348 e. The van der Waals surface area contributed by atoms with Crippen LogP contribution in [0.3, 0.4) is 0 Å². The lowest BCUT2D eigenvalue weighted by atomic mass is 9.71. The highest BCUT2D eigenvalue weighted by atomic mass is 14.4. The largest absolute Gasteiger partial charge is 0.0917 e. The van der Waals surface area contributed by atoms with Crippen LogP contribution < -0.4 is 0 Å². The van der Waals surface area contributed by atoms with E-state index in [0.717, 1.165) is 23.7 Å². The minimum atomic E-state index is 1.00. The molecule has 0 heteroatoms. The molecule has 0 spiro atoms. The zero-order chi connectivity index (χ0) is 12.1. The van der Waals surface area contributed by atoms with Gasteiger partial charge in [-0.1, -0.05) is 38.3 Å². The zero-order valence-electron chi connectivity index (χ0n) is 11.8. The molecule has 2 aliphatic rings. The summed E-state index contributed by atoms with van der Waals surface area (Å²) in [7, 11) is 0. The van der Waals surface area contributed by atoms with Crippen molar-refractivity contribution in [2.75, 3.05) is 0 Å². The first kappa shape index (κ1) is 13.2. The van der Waals surface area contributed by atoms with Gasteiger partial charge in [0.05, 0.1) is 0 Å². The Kier molecular flexibility index (Phi) is 5.13. The fourth-order valence-electron chi connectivity index (χ4n) is 4.06. The van der Waals surface area contributed by atoms with Crippen molar-refractivity contribution in [3.63, 3.8) is 0 Å². The van der Waals surface area contributed by atoms with Crippen LogP contribution in [-0.2, 0) is 0 Å². The van der Waals surface area contributed by atoms with Crippen LogP contribution in [0.15, 0.2) is 12.2 Å². The second kappa shape index (κ2) is 6.61. The monoisotopic (exact) mass is 234 g/mol. The Labute approximate surface area is 108 Å². The lowest BCUT2D eigenvalue weighted by molar-refractivity contribution is 0.164. The molecule has 0 aromatic heterocycles. The number of allylic oxidation sites excluding steroid dienone is 2. The molecule has 2 fully saturated rings. The second-order valence-corrected chi connectivity index (χ2v) is 6.61. The summed E-state index contributed by atoms with van der Waals surface area (Å²) in [6.07, 6.45) is 18.0. The van der Waals surface area contributed by atoms with E-state index in [-0.39, 0.29) is 0 Å². The molecule has 2 saturated carbocycles. The molecular weight excluding hydrogens is 204 g/mol. The molecule has 98 valence electrons. The van der Waals surface area contributed by atoms with Crippen LogP contribution in [-0.4, -0.2) is 0 Å². The van der Waals surface area contributed by atoms with E-state index in [2.05, 4.69) is 26.0 Å². The van der Waals surface area contributed by atoms with E-state index < -0.39 is 0 Å². The molecule has 0 aromatic rings. The number of hydrogen-bond donors (Lipinski definition) is 0. The van der Waals surface area contributed by atoms with Crippen molar-refractivity contribution >= 4 is 0 Å². The van der Waals surface area contributed by atoms with E-state index in [4.69, 9.17) is 0 Å². The summed E-state index contributed by atoms with van der Waals surface area (Å²) >= 11 is 0. The van der Waals surface area contributed by atoms with Crippen molar-refractivity contribution in [3.05, 3.63) is 12.2 Å². The lowest BCUT2D eigenvalue weighted by Crippen LogP contribution is -2.24. The summed E-state index contributed by atoms with van der Waals surface area (Å²) in [5.41, 5.74) is 0. The van der Waals surface area contributed by atoms with Crippen molar-refractivity contribution in [2.45, 2.75) is 71.6 Å². The quantitative estimate of drug-likeness (QED) is 0.559. The number of fused-ring (bicyclic) bond motifs is 1. The van der Waals surface area contributed by atoms with Crippen molar-refractivity contribution < 1.29 is 0 Å². The topological polar surface area (TPSA) is 0 Å². The SMILES string of the molecule is C/C=C\CCC1CCC2CCC(C)CCC2C1. The van der Waals surface area contributed by atoms with Gasteiger partial charge < -0.3 is 0 Å². The molecule has 2 rings (SSSR count). The van der Waals surface area contributed by atoms with Gasteiger partial charge in [0.1, 0.15) is 0 Å². The van der Waals surface area contributed by atoms with Crippen LogP contribution in [0.2, 0.25) is 0 Å². The maximum absolute atomic E-state index is 2.46. The summed E-state index contributed by atoms with van der Waals surface area (Å²) in [4.78, 5) is 0. The molecule has 0 aromatic carbocycles. The van der Waals surface area contributed by atoms with Gasteiger partial charge >= 0.3 is 0 Å². The van der Waals surface area contributed by atoms with Gasteiger partial charge in [-0.25, -0.2) is 0 Å². The predicted octanol–water partition coefficient (Wildman–Crippen LogP) is 5.59. The first-order chi connectivity index (χ1) is 8.29. The lowest BCUT2D eigenvalue weighted by Gasteiger charge is -2.35. The van der Waals surface area contributed by atoms with Gasteiger partial charge in [-0.3, -0.25) is 0 Å². The fraction of sp³-hybridized carbons (Fsp3) is 0.882. The summed E-state index contributed by atoms with van der Waals surface area (Å²) in [5, 5.41) is 0. The molecule has 4 unspecified atom stereocenters. The number of hydrogen-bond acceptors (Lipinski definition) is 0. The molecule has 0 N–H and O–H groups in total. The van der Waals surface area contributed by atoms with Crippen molar-refractivity contribution in [1.82, 2.24) is 0 Å². The third-order valence-electron chi connectivity index (χ3n) is 5.29. The highest BCUT2D eigenvalue weighted by molar-refractivity contribution is 4.85. The molecule has 4 atom stereocenters. The Morgan fingerprint density at radius 1 is 0.941 bits per heavy atom. The first-order valence-corrected chi connectivity index (χ1v) is 7.90. The number of rotatable bonds is 3. The molecule has 2 aliphatic carbocycles. The predicted molar refractivity (Wildman–Crippen MR) is 76.0 cm³/mol. The second-order valence-electron chi connectivity index (χ2n) is 6.61. The minimum Gasteiger partial charge on any atom is -0.0917 e. The van der Waals surface area contributed by atoms with Crippen LogP contribution in [0.4, 0.5) is 0 Å². The Hall–Kier alpha value is -0.260. The molecule has 0 bridgehead atoms. The highest BCUT2D eigenvalue weighted by Crippen LogP contribution is 2.43. The minimum absolute atomic E-state index is 1.00. The van der Waals surface area contributed by atoms with Gasteiger partial charge in [-0.15, -0.1) is 0 Å². The molecule has 0 nitrogen and oxygen atoms in total.